The number of carbonyl (C=O) groups is 1. The lowest BCUT2D eigenvalue weighted by Crippen LogP contribution is -2.39. The Morgan fingerprint density at radius 1 is 1.07 bits per heavy atom. The Bertz CT molecular complexity index is 1070. The normalized spacial score (nSPS) is 15.9. The van der Waals surface area contributed by atoms with Crippen LogP contribution in [0.5, 0.6) is 0 Å². The average molecular weight is 401 g/mol. The summed E-state index contributed by atoms with van der Waals surface area (Å²) in [5.74, 6) is -0.870. The first-order valence-electron chi connectivity index (χ1n) is 10.0. The molecule has 0 radical (unpaired) electrons. The van der Waals surface area contributed by atoms with Crippen LogP contribution in [0, 0.1) is 11.3 Å². The third kappa shape index (κ3) is 4.09. The summed E-state index contributed by atoms with van der Waals surface area (Å²) in [6.45, 7) is 4.32. The summed E-state index contributed by atoms with van der Waals surface area (Å²) >= 11 is 0. The fraction of sp³-hybridized carbons (Fsp3) is 0.304. The number of ether oxygens (including phenoxy) is 1. The van der Waals surface area contributed by atoms with Gasteiger partial charge in [0.15, 0.2) is 11.7 Å². The molecule has 1 saturated heterocycles. The van der Waals surface area contributed by atoms with Crippen LogP contribution in [-0.4, -0.2) is 42.2 Å². The first-order chi connectivity index (χ1) is 14.7. The van der Waals surface area contributed by atoms with Crippen LogP contribution < -0.4 is 10.2 Å². The maximum atomic E-state index is 13.1. The molecule has 1 N–H and O–H groups in total. The first-order valence-corrected chi connectivity index (χ1v) is 10.0. The zero-order chi connectivity index (χ0) is 20.9. The Balaban J connectivity index is 1.69. The second-order valence-electron chi connectivity index (χ2n) is 7.22. The molecule has 2 aromatic carbocycles. The van der Waals surface area contributed by atoms with E-state index in [4.69, 9.17) is 14.7 Å². The molecule has 0 bridgehead atoms. The molecule has 1 amide bonds. The smallest absolute Gasteiger partial charge is 0.244 e. The van der Waals surface area contributed by atoms with E-state index in [1.165, 1.54) is 0 Å². The maximum Gasteiger partial charge on any atom is 0.244 e. The van der Waals surface area contributed by atoms with E-state index < -0.39 is 5.92 Å². The second-order valence-corrected chi connectivity index (χ2v) is 7.22. The molecule has 152 valence electrons. The number of hydrogen-bond acceptors (Lipinski definition) is 6. The number of aromatic nitrogens is 2. The molecule has 3 aromatic rings. The Hall–Kier alpha value is -3.50. The largest absolute Gasteiger partial charge is 0.378 e. The predicted octanol–water partition coefficient (Wildman–Crippen LogP) is 2.95. The molecule has 1 aliphatic heterocycles. The molecular weight excluding hydrogens is 378 g/mol. The predicted molar refractivity (Wildman–Crippen MR) is 114 cm³/mol. The van der Waals surface area contributed by atoms with Crippen molar-refractivity contribution in [3.8, 4) is 6.07 Å². The lowest BCUT2D eigenvalue weighted by molar-refractivity contribution is -0.122. The monoisotopic (exact) mass is 401 g/mol. The number of morpholine rings is 1. The van der Waals surface area contributed by atoms with Crippen LogP contribution in [0.25, 0.3) is 11.0 Å². The van der Waals surface area contributed by atoms with Crippen LogP contribution in [0.15, 0.2) is 54.6 Å². The molecule has 0 spiro atoms. The van der Waals surface area contributed by atoms with Crippen molar-refractivity contribution in [1.29, 1.82) is 5.26 Å². The summed E-state index contributed by atoms with van der Waals surface area (Å²) in [6.07, 6.45) is 0. The van der Waals surface area contributed by atoms with Crippen molar-refractivity contribution in [3.63, 3.8) is 0 Å². The number of carbonyl (C=O) groups excluding carboxylic acids is 1. The molecule has 2 atom stereocenters. The third-order valence-electron chi connectivity index (χ3n) is 5.21. The van der Waals surface area contributed by atoms with E-state index in [0.717, 1.165) is 11.1 Å². The van der Waals surface area contributed by atoms with Gasteiger partial charge < -0.3 is 15.0 Å². The Morgan fingerprint density at radius 3 is 2.37 bits per heavy atom. The van der Waals surface area contributed by atoms with Gasteiger partial charge in [-0.1, -0.05) is 42.5 Å². The van der Waals surface area contributed by atoms with E-state index >= 15 is 0 Å². The van der Waals surface area contributed by atoms with Gasteiger partial charge in [0.1, 0.15) is 5.69 Å². The fourth-order valence-electron chi connectivity index (χ4n) is 3.57. The number of amides is 1. The number of nitriles is 1. The number of nitrogens with one attached hydrogen (secondary N) is 1. The van der Waals surface area contributed by atoms with Crippen molar-refractivity contribution < 1.29 is 9.53 Å². The van der Waals surface area contributed by atoms with Gasteiger partial charge in [-0.25, -0.2) is 9.97 Å². The molecule has 0 aliphatic carbocycles. The summed E-state index contributed by atoms with van der Waals surface area (Å²) in [5, 5.41) is 12.9. The molecule has 7 heteroatoms. The molecule has 0 unspecified atom stereocenters. The number of anilines is 1. The first kappa shape index (κ1) is 19.8. The average Bonchev–Trinajstić information content (AvgIpc) is 2.80. The molecule has 2 heterocycles. The number of nitrogens with zero attached hydrogens (tertiary/aromatic N) is 4. The van der Waals surface area contributed by atoms with Crippen LogP contribution in [0.1, 0.15) is 30.1 Å². The summed E-state index contributed by atoms with van der Waals surface area (Å²) < 4.78 is 5.45. The third-order valence-corrected chi connectivity index (χ3v) is 5.21. The van der Waals surface area contributed by atoms with Crippen molar-refractivity contribution >= 4 is 22.8 Å². The summed E-state index contributed by atoms with van der Waals surface area (Å²) in [4.78, 5) is 24.6. The minimum atomic E-state index is -1.06. The van der Waals surface area contributed by atoms with Crippen molar-refractivity contribution in [3.05, 3.63) is 65.9 Å². The number of para-hydroxylation sites is 2. The molecule has 1 aromatic heterocycles. The van der Waals surface area contributed by atoms with Gasteiger partial charge >= 0.3 is 0 Å². The zero-order valence-electron chi connectivity index (χ0n) is 16.8. The van der Waals surface area contributed by atoms with E-state index in [1.54, 1.807) is 0 Å². The Labute approximate surface area is 175 Å². The quantitative estimate of drug-likeness (QED) is 0.707. The number of benzene rings is 2. The van der Waals surface area contributed by atoms with E-state index in [2.05, 4.69) is 11.4 Å². The van der Waals surface area contributed by atoms with E-state index in [9.17, 15) is 10.1 Å². The minimum absolute atomic E-state index is 0.227. The number of rotatable bonds is 5. The van der Waals surface area contributed by atoms with Crippen LogP contribution in [0.4, 0.5) is 5.82 Å². The van der Waals surface area contributed by atoms with Gasteiger partial charge in [-0.3, -0.25) is 4.79 Å². The highest BCUT2D eigenvalue weighted by Gasteiger charge is 2.30. The van der Waals surface area contributed by atoms with Crippen LogP contribution >= 0.6 is 0 Å². The molecule has 4 rings (SSSR count). The summed E-state index contributed by atoms with van der Waals surface area (Å²) in [7, 11) is 0. The molecule has 7 nitrogen and oxygen atoms in total. The van der Waals surface area contributed by atoms with Crippen molar-refractivity contribution in [2.45, 2.75) is 18.9 Å². The Morgan fingerprint density at radius 2 is 1.70 bits per heavy atom. The summed E-state index contributed by atoms with van der Waals surface area (Å²) in [6, 6.07) is 19.1. The zero-order valence-corrected chi connectivity index (χ0v) is 16.8. The molecule has 1 aliphatic rings. The van der Waals surface area contributed by atoms with Crippen molar-refractivity contribution in [1.82, 2.24) is 15.3 Å². The standard InChI is InChI=1S/C23H23N5O2/c1-16(17-7-3-2-4-8-17)25-23(29)18(15-24)21-22(28-11-13-30-14-12-28)27-20-10-6-5-9-19(20)26-21/h2-10,16,18H,11-14H2,1H3,(H,25,29)/t16-,18+/m1/s1. The topological polar surface area (TPSA) is 91.1 Å². The Kier molecular flexibility index (Phi) is 5.87. The van der Waals surface area contributed by atoms with Crippen molar-refractivity contribution in [2.24, 2.45) is 0 Å². The van der Waals surface area contributed by atoms with E-state index in [-0.39, 0.29) is 11.9 Å². The van der Waals surface area contributed by atoms with Gasteiger partial charge in [-0.15, -0.1) is 0 Å². The van der Waals surface area contributed by atoms with Crippen LogP contribution in [0.3, 0.4) is 0 Å². The molecule has 1 fully saturated rings. The molecule has 0 saturated carbocycles. The minimum Gasteiger partial charge on any atom is -0.378 e. The highest BCUT2D eigenvalue weighted by atomic mass is 16.5. The van der Waals surface area contributed by atoms with Gasteiger partial charge in [-0.05, 0) is 24.6 Å². The SMILES string of the molecule is C[C@@H](NC(=O)[C@@H](C#N)c1nc2ccccc2nc1N1CCOCC1)c1ccccc1. The highest BCUT2D eigenvalue weighted by Crippen LogP contribution is 2.28. The molecule has 30 heavy (non-hydrogen) atoms. The van der Waals surface area contributed by atoms with Gasteiger partial charge in [0.2, 0.25) is 5.91 Å². The van der Waals surface area contributed by atoms with E-state index in [0.29, 0.717) is 43.3 Å². The number of hydrogen-bond donors (Lipinski definition) is 1. The van der Waals surface area contributed by atoms with Crippen LogP contribution in [-0.2, 0) is 9.53 Å². The maximum absolute atomic E-state index is 13.1. The molecular formula is C23H23N5O2. The highest BCUT2D eigenvalue weighted by molar-refractivity contribution is 5.89. The van der Waals surface area contributed by atoms with E-state index in [1.807, 2.05) is 66.4 Å². The lowest BCUT2D eigenvalue weighted by Gasteiger charge is -2.30. The van der Waals surface area contributed by atoms with Gasteiger partial charge in [0.05, 0.1) is 36.4 Å². The summed E-state index contributed by atoms with van der Waals surface area (Å²) in [5.41, 5.74) is 2.75. The fourth-order valence-corrected chi connectivity index (χ4v) is 3.57. The second kappa shape index (κ2) is 8.89. The van der Waals surface area contributed by atoms with Crippen LogP contribution in [0.2, 0.25) is 0 Å². The van der Waals surface area contributed by atoms with Crippen molar-refractivity contribution in [2.75, 3.05) is 31.2 Å². The van der Waals surface area contributed by atoms with Gasteiger partial charge in [-0.2, -0.15) is 5.26 Å². The van der Waals surface area contributed by atoms with Gasteiger partial charge in [0.25, 0.3) is 0 Å². The number of fused-ring (bicyclic) bond motifs is 1. The lowest BCUT2D eigenvalue weighted by atomic mass is 10.0. The van der Waals surface area contributed by atoms with Gasteiger partial charge in [0, 0.05) is 13.1 Å².